The van der Waals surface area contributed by atoms with Crippen molar-refractivity contribution in [2.45, 2.75) is 102 Å². The van der Waals surface area contributed by atoms with Crippen molar-refractivity contribution in [2.24, 2.45) is 0 Å². The van der Waals surface area contributed by atoms with E-state index in [-0.39, 0.29) is 22.2 Å². The number of aromatic nitrogens is 1. The number of carbonyl (C=O) groups is 2. The molecule has 238 valence electrons. The summed E-state index contributed by atoms with van der Waals surface area (Å²) < 4.78 is 38.9. The third-order valence-corrected chi connectivity index (χ3v) is 8.18. The summed E-state index contributed by atoms with van der Waals surface area (Å²) in [5, 5.41) is 8.95. The Kier molecular flexibility index (Phi) is 13.2. The lowest BCUT2D eigenvalue weighted by molar-refractivity contribution is -0.154. The summed E-state index contributed by atoms with van der Waals surface area (Å²) in [5.74, 6) is -0.0500. The zero-order valence-corrected chi connectivity index (χ0v) is 26.7. The molecule has 2 aromatic carbocycles. The minimum atomic E-state index is -3.90. The molecule has 0 amide bonds. The molecule has 0 spiro atoms. The summed E-state index contributed by atoms with van der Waals surface area (Å²) in [4.78, 5) is 26.5. The molecule has 0 atom stereocenters. The van der Waals surface area contributed by atoms with Crippen molar-refractivity contribution in [3.05, 3.63) is 78.0 Å². The molecule has 3 rings (SSSR count). The van der Waals surface area contributed by atoms with Gasteiger partial charge in [-0.05, 0) is 94.1 Å². The van der Waals surface area contributed by atoms with Crippen molar-refractivity contribution in [3.8, 4) is 11.5 Å². The minimum Gasteiger partial charge on any atom is -0.478 e. The quantitative estimate of drug-likeness (QED) is 0.107. The van der Waals surface area contributed by atoms with Crippen LogP contribution in [0.25, 0.3) is 0 Å². The molecule has 0 saturated heterocycles. The van der Waals surface area contributed by atoms with Gasteiger partial charge in [0.15, 0.2) is 0 Å². The number of carboxylic acids is 1. The number of nitrogens with zero attached hydrogens (tertiary/aromatic N) is 1. The van der Waals surface area contributed by atoms with Crippen LogP contribution < -0.4 is 9.46 Å². The average Bonchev–Trinajstić information content (AvgIpc) is 2.96. The number of hydrogen-bond acceptors (Lipinski definition) is 7. The van der Waals surface area contributed by atoms with Gasteiger partial charge < -0.3 is 14.6 Å². The fourth-order valence-corrected chi connectivity index (χ4v) is 5.56. The second-order valence-electron chi connectivity index (χ2n) is 11.8. The topological polar surface area (TPSA) is 132 Å². The van der Waals surface area contributed by atoms with E-state index < -0.39 is 21.6 Å². The molecular weight excluding hydrogens is 580 g/mol. The lowest BCUT2D eigenvalue weighted by Gasteiger charge is -2.19. The minimum absolute atomic E-state index is 0.0237. The third kappa shape index (κ3) is 12.8. The van der Waals surface area contributed by atoms with Crippen LogP contribution in [0.3, 0.4) is 0 Å². The van der Waals surface area contributed by atoms with E-state index in [9.17, 15) is 18.0 Å². The molecular formula is C34H44N2O7S. The summed E-state index contributed by atoms with van der Waals surface area (Å²) in [5.41, 5.74) is 0.813. The standard InChI is InChI=1S/C34H44N2O7S/c1-34(2,3)43-32(37)14-12-10-8-6-4-5-7-9-11-13-26-15-18-28(19-16-26)42-29-20-22-30(23-21-29)44(40,41)36-31-24-17-27(25-35-31)33(38)39/h15-25H,4-14H2,1-3H3,(H,35,36)(H,38,39). The van der Waals surface area contributed by atoms with Crippen molar-refractivity contribution in [2.75, 3.05) is 4.72 Å². The largest absolute Gasteiger partial charge is 0.478 e. The van der Waals surface area contributed by atoms with Gasteiger partial charge >= 0.3 is 11.9 Å². The molecule has 0 bridgehead atoms. The first-order valence-electron chi connectivity index (χ1n) is 15.2. The molecule has 1 aromatic heterocycles. The number of rotatable bonds is 18. The highest BCUT2D eigenvalue weighted by molar-refractivity contribution is 7.92. The molecule has 2 N–H and O–H groups in total. The number of anilines is 1. The third-order valence-electron chi connectivity index (χ3n) is 6.81. The van der Waals surface area contributed by atoms with Crippen LogP contribution in [0, 0.1) is 0 Å². The SMILES string of the molecule is CC(C)(C)OC(=O)CCCCCCCCCCCc1ccc(Oc2ccc(S(=O)(=O)Nc3ccc(C(=O)O)cn3)cc2)cc1. The highest BCUT2D eigenvalue weighted by Crippen LogP contribution is 2.25. The zero-order chi connectivity index (χ0) is 32.0. The molecule has 0 aliphatic rings. The molecule has 0 aliphatic carbocycles. The number of esters is 1. The number of nitrogens with one attached hydrogen (secondary N) is 1. The molecule has 0 aliphatic heterocycles. The molecule has 9 nitrogen and oxygen atoms in total. The van der Waals surface area contributed by atoms with E-state index in [2.05, 4.69) is 21.8 Å². The van der Waals surface area contributed by atoms with E-state index in [4.69, 9.17) is 14.6 Å². The zero-order valence-electron chi connectivity index (χ0n) is 25.9. The Morgan fingerprint density at radius 2 is 1.32 bits per heavy atom. The fraction of sp³-hybridized carbons (Fsp3) is 0.441. The van der Waals surface area contributed by atoms with Crippen LogP contribution in [0.2, 0.25) is 0 Å². The Balaban J connectivity index is 1.29. The number of unbranched alkanes of at least 4 members (excludes halogenated alkanes) is 8. The lowest BCUT2D eigenvalue weighted by atomic mass is 10.0. The second kappa shape index (κ2) is 16.8. The van der Waals surface area contributed by atoms with Crippen LogP contribution in [-0.2, 0) is 26.0 Å². The van der Waals surface area contributed by atoms with Gasteiger partial charge in [-0.2, -0.15) is 0 Å². The van der Waals surface area contributed by atoms with Gasteiger partial charge in [0.25, 0.3) is 10.0 Å². The van der Waals surface area contributed by atoms with E-state index in [0.29, 0.717) is 17.9 Å². The maximum Gasteiger partial charge on any atom is 0.337 e. The number of aryl methyl sites for hydroxylation is 1. The van der Waals surface area contributed by atoms with Crippen LogP contribution in [-0.4, -0.2) is 36.0 Å². The highest BCUT2D eigenvalue weighted by Gasteiger charge is 2.16. The van der Waals surface area contributed by atoms with Crippen molar-refractivity contribution < 1.29 is 32.6 Å². The summed E-state index contributed by atoms with van der Waals surface area (Å²) >= 11 is 0. The number of carboxylic acid groups (broad SMARTS) is 1. The predicted molar refractivity (Wildman–Crippen MR) is 171 cm³/mol. The number of ether oxygens (including phenoxy) is 2. The monoisotopic (exact) mass is 624 g/mol. The number of aromatic carboxylic acids is 1. The van der Waals surface area contributed by atoms with Gasteiger partial charge in [-0.1, -0.05) is 57.1 Å². The Bertz CT molecular complexity index is 1430. The number of carbonyl (C=O) groups excluding carboxylic acids is 1. The van der Waals surface area contributed by atoms with E-state index in [1.807, 2.05) is 32.9 Å². The van der Waals surface area contributed by atoms with Gasteiger partial charge in [0.1, 0.15) is 22.9 Å². The molecule has 0 fully saturated rings. The number of sulfonamides is 1. The molecule has 10 heteroatoms. The van der Waals surface area contributed by atoms with Gasteiger partial charge in [0.05, 0.1) is 10.5 Å². The normalized spacial score (nSPS) is 11.6. The van der Waals surface area contributed by atoms with E-state index >= 15 is 0 Å². The molecule has 44 heavy (non-hydrogen) atoms. The van der Waals surface area contributed by atoms with Gasteiger partial charge in [-0.25, -0.2) is 18.2 Å². The number of benzene rings is 2. The molecule has 0 saturated carbocycles. The number of hydrogen-bond donors (Lipinski definition) is 2. The average molecular weight is 625 g/mol. The first-order chi connectivity index (χ1) is 20.9. The van der Waals surface area contributed by atoms with Gasteiger partial charge in [-0.15, -0.1) is 0 Å². The van der Waals surface area contributed by atoms with Crippen LogP contribution in [0.15, 0.2) is 71.8 Å². The first kappa shape index (κ1) is 34.6. The summed E-state index contributed by atoms with van der Waals surface area (Å²) in [7, 11) is -3.90. The van der Waals surface area contributed by atoms with Crippen molar-refractivity contribution in [1.82, 2.24) is 4.98 Å². The van der Waals surface area contributed by atoms with Crippen molar-refractivity contribution in [1.29, 1.82) is 0 Å². The Morgan fingerprint density at radius 1 is 0.773 bits per heavy atom. The molecule has 0 radical (unpaired) electrons. The first-order valence-corrected chi connectivity index (χ1v) is 16.7. The summed E-state index contributed by atoms with van der Waals surface area (Å²) in [6.07, 6.45) is 13.0. The van der Waals surface area contributed by atoms with Crippen LogP contribution >= 0.6 is 0 Å². The number of pyridine rings is 1. The van der Waals surface area contributed by atoms with E-state index in [1.54, 1.807) is 12.1 Å². The summed E-state index contributed by atoms with van der Waals surface area (Å²) in [6, 6.07) is 16.5. The second-order valence-corrected chi connectivity index (χ2v) is 13.5. The van der Waals surface area contributed by atoms with E-state index in [0.717, 1.165) is 31.9 Å². The van der Waals surface area contributed by atoms with Gasteiger partial charge in [0.2, 0.25) is 0 Å². The molecule has 0 unspecified atom stereocenters. The van der Waals surface area contributed by atoms with Crippen molar-refractivity contribution >= 4 is 27.8 Å². The molecule has 1 heterocycles. The smallest absolute Gasteiger partial charge is 0.337 e. The summed E-state index contributed by atoms with van der Waals surface area (Å²) in [6.45, 7) is 5.69. The Hall–Kier alpha value is -3.92. The van der Waals surface area contributed by atoms with E-state index in [1.165, 1.54) is 68.4 Å². The van der Waals surface area contributed by atoms with Crippen LogP contribution in [0.5, 0.6) is 11.5 Å². The van der Waals surface area contributed by atoms with Gasteiger partial charge in [-0.3, -0.25) is 9.52 Å². The van der Waals surface area contributed by atoms with Gasteiger partial charge in [0, 0.05) is 12.6 Å². The molecule has 3 aromatic rings. The Labute approximate surface area is 261 Å². The van der Waals surface area contributed by atoms with Crippen LogP contribution in [0.1, 0.15) is 101 Å². The lowest BCUT2D eigenvalue weighted by Crippen LogP contribution is -2.23. The van der Waals surface area contributed by atoms with Crippen LogP contribution in [0.4, 0.5) is 5.82 Å². The maximum absolute atomic E-state index is 12.7. The fourth-order valence-electron chi connectivity index (χ4n) is 4.55. The highest BCUT2D eigenvalue weighted by atomic mass is 32.2. The Morgan fingerprint density at radius 3 is 1.84 bits per heavy atom. The maximum atomic E-state index is 12.7. The van der Waals surface area contributed by atoms with Crippen molar-refractivity contribution in [3.63, 3.8) is 0 Å². The predicted octanol–water partition coefficient (Wildman–Crippen LogP) is 8.16.